The number of rotatable bonds is 9. The number of unbranched alkanes of at least 4 members (excludes halogenated alkanes) is 2. The monoisotopic (exact) mass is 308 g/mol. The van der Waals surface area contributed by atoms with Crippen molar-refractivity contribution in [2.24, 2.45) is 0 Å². The van der Waals surface area contributed by atoms with Gasteiger partial charge in [-0.1, -0.05) is 11.6 Å². The fraction of sp³-hybridized carbons (Fsp3) is 0.562. The maximum Gasteiger partial charge on any atom is 0.179 e. The van der Waals surface area contributed by atoms with Crippen molar-refractivity contribution >= 4 is 11.6 Å². The Morgan fingerprint density at radius 2 is 2.19 bits per heavy atom. The minimum atomic E-state index is 0.539. The van der Waals surface area contributed by atoms with E-state index in [1.807, 2.05) is 12.1 Å². The maximum atomic E-state index is 8.50. The standard InChI is InChI=1S/C16H21ClN2O2/c1-20-15-10-12(11-19-13-5-6-13)9-14(17)16(15)21-8-4-2-3-7-18/h9-10,13,19H,2-6,8,11H2,1H3. The summed E-state index contributed by atoms with van der Waals surface area (Å²) in [5.74, 6) is 1.25. The van der Waals surface area contributed by atoms with Crippen LogP contribution in [0.15, 0.2) is 12.1 Å². The first-order chi connectivity index (χ1) is 10.2. The molecule has 21 heavy (non-hydrogen) atoms. The molecule has 0 unspecified atom stereocenters. The zero-order valence-electron chi connectivity index (χ0n) is 12.3. The summed E-state index contributed by atoms with van der Waals surface area (Å²) in [5.41, 5.74) is 1.10. The number of nitriles is 1. The number of methoxy groups -OCH3 is 1. The fourth-order valence-electron chi connectivity index (χ4n) is 2.05. The van der Waals surface area contributed by atoms with Gasteiger partial charge in [0.05, 0.1) is 24.8 Å². The van der Waals surface area contributed by atoms with E-state index >= 15 is 0 Å². The molecule has 1 aromatic rings. The Balaban J connectivity index is 1.93. The molecule has 0 amide bonds. The summed E-state index contributed by atoms with van der Waals surface area (Å²) in [5, 5.41) is 12.5. The highest BCUT2D eigenvalue weighted by Crippen LogP contribution is 2.36. The van der Waals surface area contributed by atoms with E-state index in [0.717, 1.165) is 24.9 Å². The largest absolute Gasteiger partial charge is 0.493 e. The van der Waals surface area contributed by atoms with Gasteiger partial charge in [0.15, 0.2) is 11.5 Å². The second-order valence-corrected chi connectivity index (χ2v) is 5.64. The maximum absolute atomic E-state index is 8.50. The van der Waals surface area contributed by atoms with Gasteiger partial charge in [0, 0.05) is 19.0 Å². The third-order valence-electron chi connectivity index (χ3n) is 3.39. The Morgan fingerprint density at radius 1 is 1.38 bits per heavy atom. The lowest BCUT2D eigenvalue weighted by molar-refractivity contribution is 0.287. The highest BCUT2D eigenvalue weighted by atomic mass is 35.5. The average molecular weight is 309 g/mol. The van der Waals surface area contributed by atoms with Gasteiger partial charge in [-0.05, 0) is 43.4 Å². The Bertz CT molecular complexity index is 510. The van der Waals surface area contributed by atoms with Crippen LogP contribution in [0.5, 0.6) is 11.5 Å². The molecule has 4 nitrogen and oxygen atoms in total. The summed E-state index contributed by atoms with van der Waals surface area (Å²) in [4.78, 5) is 0. The quantitative estimate of drug-likeness (QED) is 0.707. The lowest BCUT2D eigenvalue weighted by Gasteiger charge is -2.14. The summed E-state index contributed by atoms with van der Waals surface area (Å²) >= 11 is 6.30. The average Bonchev–Trinajstić information content (AvgIpc) is 3.30. The van der Waals surface area contributed by atoms with E-state index < -0.39 is 0 Å². The zero-order valence-corrected chi connectivity index (χ0v) is 13.1. The highest BCUT2D eigenvalue weighted by Gasteiger charge is 2.20. The van der Waals surface area contributed by atoms with Crippen molar-refractivity contribution in [2.75, 3.05) is 13.7 Å². The number of halogens is 1. The van der Waals surface area contributed by atoms with E-state index in [2.05, 4.69) is 11.4 Å². The molecule has 1 N–H and O–H groups in total. The molecule has 1 aliphatic rings. The molecule has 1 saturated carbocycles. The number of ether oxygens (including phenoxy) is 2. The molecule has 0 bridgehead atoms. The Kier molecular flexibility index (Phi) is 6.16. The smallest absolute Gasteiger partial charge is 0.179 e. The Morgan fingerprint density at radius 3 is 2.86 bits per heavy atom. The molecule has 114 valence electrons. The van der Waals surface area contributed by atoms with Gasteiger partial charge in [-0.3, -0.25) is 0 Å². The SMILES string of the molecule is COc1cc(CNC2CC2)cc(Cl)c1OCCCCC#N. The van der Waals surface area contributed by atoms with Gasteiger partial charge in [-0.15, -0.1) is 0 Å². The number of hydrogen-bond donors (Lipinski definition) is 1. The molecular weight excluding hydrogens is 288 g/mol. The molecule has 0 aromatic heterocycles. The third kappa shape index (κ3) is 5.11. The highest BCUT2D eigenvalue weighted by molar-refractivity contribution is 6.32. The predicted octanol–water partition coefficient (Wildman–Crippen LogP) is 3.67. The second-order valence-electron chi connectivity index (χ2n) is 5.23. The van der Waals surface area contributed by atoms with E-state index in [-0.39, 0.29) is 0 Å². The first kappa shape index (κ1) is 15.9. The summed E-state index contributed by atoms with van der Waals surface area (Å²) in [7, 11) is 1.62. The minimum Gasteiger partial charge on any atom is -0.493 e. The lowest BCUT2D eigenvalue weighted by Crippen LogP contribution is -2.15. The summed E-state index contributed by atoms with van der Waals surface area (Å²) in [6.45, 7) is 1.33. The molecule has 1 fully saturated rings. The van der Waals surface area contributed by atoms with E-state index in [1.54, 1.807) is 7.11 Å². The number of benzene rings is 1. The molecule has 1 aromatic carbocycles. The van der Waals surface area contributed by atoms with Crippen LogP contribution in [-0.4, -0.2) is 19.8 Å². The summed E-state index contributed by atoms with van der Waals surface area (Å²) in [6.07, 6.45) is 4.74. The molecule has 1 aliphatic carbocycles. The first-order valence-electron chi connectivity index (χ1n) is 7.34. The van der Waals surface area contributed by atoms with Gasteiger partial charge in [0.1, 0.15) is 0 Å². The van der Waals surface area contributed by atoms with Crippen molar-refractivity contribution in [3.63, 3.8) is 0 Å². The van der Waals surface area contributed by atoms with Crippen molar-refractivity contribution in [1.82, 2.24) is 5.32 Å². The van der Waals surface area contributed by atoms with Crippen LogP contribution in [0.3, 0.4) is 0 Å². The molecule has 0 spiro atoms. The third-order valence-corrected chi connectivity index (χ3v) is 3.67. The van der Waals surface area contributed by atoms with Gasteiger partial charge in [-0.25, -0.2) is 0 Å². The molecule has 5 heteroatoms. The van der Waals surface area contributed by atoms with Crippen LogP contribution in [0, 0.1) is 11.3 Å². The lowest BCUT2D eigenvalue weighted by atomic mass is 10.2. The van der Waals surface area contributed by atoms with Crippen molar-refractivity contribution in [3.05, 3.63) is 22.7 Å². The van der Waals surface area contributed by atoms with E-state index in [0.29, 0.717) is 35.6 Å². The van der Waals surface area contributed by atoms with Crippen LogP contribution in [0.25, 0.3) is 0 Å². The van der Waals surface area contributed by atoms with Crippen LogP contribution in [0.4, 0.5) is 0 Å². The van der Waals surface area contributed by atoms with Crippen LogP contribution >= 0.6 is 11.6 Å². The van der Waals surface area contributed by atoms with E-state index in [4.69, 9.17) is 26.3 Å². The number of nitrogens with one attached hydrogen (secondary N) is 1. The van der Waals surface area contributed by atoms with Crippen LogP contribution in [0.2, 0.25) is 5.02 Å². The van der Waals surface area contributed by atoms with Gasteiger partial charge in [0.2, 0.25) is 0 Å². The van der Waals surface area contributed by atoms with Gasteiger partial charge in [0.25, 0.3) is 0 Å². The molecule has 0 aliphatic heterocycles. The first-order valence-corrected chi connectivity index (χ1v) is 7.72. The zero-order chi connectivity index (χ0) is 15.1. The van der Waals surface area contributed by atoms with Gasteiger partial charge < -0.3 is 14.8 Å². The van der Waals surface area contributed by atoms with Crippen molar-refractivity contribution in [1.29, 1.82) is 5.26 Å². The second kappa shape index (κ2) is 8.11. The molecule has 0 atom stereocenters. The van der Waals surface area contributed by atoms with E-state index in [1.165, 1.54) is 12.8 Å². The van der Waals surface area contributed by atoms with Crippen molar-refractivity contribution < 1.29 is 9.47 Å². The van der Waals surface area contributed by atoms with Crippen LogP contribution in [0.1, 0.15) is 37.7 Å². The molecule has 0 saturated heterocycles. The summed E-state index contributed by atoms with van der Waals surface area (Å²) < 4.78 is 11.1. The number of nitrogens with zero attached hydrogens (tertiary/aromatic N) is 1. The Labute approximate surface area is 131 Å². The molecule has 0 radical (unpaired) electrons. The Hall–Kier alpha value is -1.44. The molecule has 0 heterocycles. The molecule has 2 rings (SSSR count). The number of hydrogen-bond acceptors (Lipinski definition) is 4. The normalized spacial score (nSPS) is 13.8. The van der Waals surface area contributed by atoms with E-state index in [9.17, 15) is 0 Å². The summed E-state index contributed by atoms with van der Waals surface area (Å²) in [6, 6.07) is 6.67. The van der Waals surface area contributed by atoms with Gasteiger partial charge in [-0.2, -0.15) is 5.26 Å². The van der Waals surface area contributed by atoms with Crippen molar-refractivity contribution in [2.45, 2.75) is 44.7 Å². The van der Waals surface area contributed by atoms with Crippen LogP contribution < -0.4 is 14.8 Å². The minimum absolute atomic E-state index is 0.539. The van der Waals surface area contributed by atoms with Crippen molar-refractivity contribution in [3.8, 4) is 17.6 Å². The predicted molar refractivity (Wildman–Crippen MR) is 82.8 cm³/mol. The van der Waals surface area contributed by atoms with Gasteiger partial charge >= 0.3 is 0 Å². The molecular formula is C16H21ClN2O2. The fourth-order valence-corrected chi connectivity index (χ4v) is 2.33. The topological polar surface area (TPSA) is 54.3 Å². The van der Waals surface area contributed by atoms with Crippen LogP contribution in [-0.2, 0) is 6.54 Å².